The van der Waals surface area contributed by atoms with Gasteiger partial charge in [0.15, 0.2) is 0 Å². The van der Waals surface area contributed by atoms with Crippen LogP contribution in [-0.2, 0) is 11.2 Å². The Morgan fingerprint density at radius 1 is 1.38 bits per heavy atom. The summed E-state index contributed by atoms with van der Waals surface area (Å²) in [5, 5.41) is 0. The third-order valence-electron chi connectivity index (χ3n) is 6.57. The van der Waals surface area contributed by atoms with Crippen molar-refractivity contribution in [3.63, 3.8) is 0 Å². The van der Waals surface area contributed by atoms with E-state index in [1.807, 2.05) is 17.0 Å². The molecule has 2 aliphatic carbocycles. The van der Waals surface area contributed by atoms with Gasteiger partial charge in [-0.3, -0.25) is 4.79 Å². The maximum Gasteiger partial charge on any atom is 0.229 e. The molecule has 4 rings (SSSR count). The van der Waals surface area contributed by atoms with Crippen molar-refractivity contribution < 1.29 is 9.53 Å². The van der Waals surface area contributed by atoms with Crippen LogP contribution in [0.1, 0.15) is 37.7 Å². The third-order valence-corrected chi connectivity index (χ3v) is 6.57. The lowest BCUT2D eigenvalue weighted by atomic mass is 9.68. The number of nitrogens with zero attached hydrogens (tertiary/aromatic N) is 1. The first-order valence-corrected chi connectivity index (χ1v) is 9.28. The highest BCUT2D eigenvalue weighted by Crippen LogP contribution is 2.58. The summed E-state index contributed by atoms with van der Waals surface area (Å²) in [6.45, 7) is 1.56. The number of nitrogens with two attached hydrogens (primary N) is 1. The summed E-state index contributed by atoms with van der Waals surface area (Å²) in [6.07, 6.45) is 6.58. The van der Waals surface area contributed by atoms with Crippen LogP contribution in [0.3, 0.4) is 0 Å². The Labute approximate surface area is 144 Å². The van der Waals surface area contributed by atoms with E-state index in [1.54, 1.807) is 7.11 Å². The first kappa shape index (κ1) is 15.9. The van der Waals surface area contributed by atoms with E-state index in [1.165, 1.54) is 24.8 Å². The molecule has 2 N–H and O–H groups in total. The van der Waals surface area contributed by atoms with Crippen LogP contribution in [0.5, 0.6) is 5.75 Å². The van der Waals surface area contributed by atoms with Gasteiger partial charge >= 0.3 is 0 Å². The smallest absolute Gasteiger partial charge is 0.229 e. The van der Waals surface area contributed by atoms with E-state index in [9.17, 15) is 4.79 Å². The normalized spacial score (nSPS) is 34.8. The zero-order valence-corrected chi connectivity index (χ0v) is 14.5. The zero-order chi connectivity index (χ0) is 16.7. The van der Waals surface area contributed by atoms with Crippen molar-refractivity contribution in [1.82, 2.24) is 4.90 Å². The molecule has 3 unspecified atom stereocenters. The molecule has 0 aromatic heterocycles. The van der Waals surface area contributed by atoms with Crippen molar-refractivity contribution in [2.75, 3.05) is 20.2 Å². The minimum Gasteiger partial charge on any atom is -0.497 e. The predicted octanol–water partition coefficient (Wildman–Crippen LogP) is 2.60. The fraction of sp³-hybridized carbons (Fsp3) is 0.650. The number of amides is 1. The summed E-state index contributed by atoms with van der Waals surface area (Å²) < 4.78 is 5.38. The second-order valence-corrected chi connectivity index (χ2v) is 8.06. The number of carbonyl (C=O) groups is 1. The van der Waals surface area contributed by atoms with Gasteiger partial charge in [-0.2, -0.15) is 0 Å². The van der Waals surface area contributed by atoms with Crippen LogP contribution in [0, 0.1) is 17.3 Å². The molecule has 1 amide bonds. The fourth-order valence-electron chi connectivity index (χ4n) is 5.43. The first-order valence-electron chi connectivity index (χ1n) is 9.28. The number of rotatable bonds is 4. The molecule has 1 aromatic carbocycles. The second kappa shape index (κ2) is 6.07. The average Bonchev–Trinajstić information content (AvgIpc) is 3.30. The van der Waals surface area contributed by atoms with E-state index in [0.29, 0.717) is 11.8 Å². The Morgan fingerprint density at radius 3 is 2.88 bits per heavy atom. The molecule has 24 heavy (non-hydrogen) atoms. The maximum absolute atomic E-state index is 13.5. The topological polar surface area (TPSA) is 55.6 Å². The number of methoxy groups -OCH3 is 1. The molecule has 0 spiro atoms. The SMILES string of the molecule is COc1cccc(CC2(C(=O)N3CC[C@@H](N)C3)CC3CCC2C3)c1. The van der Waals surface area contributed by atoms with Gasteiger partial charge in [-0.25, -0.2) is 0 Å². The van der Waals surface area contributed by atoms with Crippen molar-refractivity contribution >= 4 is 5.91 Å². The molecule has 4 nitrogen and oxygen atoms in total. The highest BCUT2D eigenvalue weighted by molar-refractivity contribution is 5.84. The summed E-state index contributed by atoms with van der Waals surface area (Å²) in [4.78, 5) is 15.6. The van der Waals surface area contributed by atoms with Crippen molar-refractivity contribution in [3.05, 3.63) is 29.8 Å². The summed E-state index contributed by atoms with van der Waals surface area (Å²) in [5.41, 5.74) is 7.07. The van der Waals surface area contributed by atoms with Gasteiger partial charge in [0.25, 0.3) is 0 Å². The van der Waals surface area contributed by atoms with Gasteiger partial charge in [-0.1, -0.05) is 18.6 Å². The number of hydrogen-bond acceptors (Lipinski definition) is 3. The van der Waals surface area contributed by atoms with Crippen molar-refractivity contribution in [2.24, 2.45) is 23.0 Å². The molecule has 130 valence electrons. The molecule has 1 heterocycles. The van der Waals surface area contributed by atoms with Gasteiger partial charge in [0.05, 0.1) is 12.5 Å². The molecule has 2 bridgehead atoms. The van der Waals surface area contributed by atoms with E-state index >= 15 is 0 Å². The minimum absolute atomic E-state index is 0.154. The summed E-state index contributed by atoms with van der Waals surface area (Å²) in [7, 11) is 1.70. The van der Waals surface area contributed by atoms with Crippen LogP contribution in [0.15, 0.2) is 24.3 Å². The third kappa shape index (κ3) is 2.61. The fourth-order valence-corrected chi connectivity index (χ4v) is 5.43. The van der Waals surface area contributed by atoms with Gasteiger partial charge in [0, 0.05) is 19.1 Å². The number of likely N-dealkylation sites (tertiary alicyclic amines) is 1. The Morgan fingerprint density at radius 2 is 2.25 bits per heavy atom. The summed E-state index contributed by atoms with van der Waals surface area (Å²) in [6, 6.07) is 8.39. The van der Waals surface area contributed by atoms with Crippen LogP contribution in [0.25, 0.3) is 0 Å². The molecule has 4 atom stereocenters. The molecule has 3 aliphatic rings. The summed E-state index contributed by atoms with van der Waals surface area (Å²) >= 11 is 0. The van der Waals surface area contributed by atoms with Crippen molar-refractivity contribution in [3.8, 4) is 5.75 Å². The van der Waals surface area contributed by atoms with Crippen LogP contribution in [-0.4, -0.2) is 37.0 Å². The molecule has 4 heteroatoms. The Balaban J connectivity index is 1.63. The number of benzene rings is 1. The van der Waals surface area contributed by atoms with Gasteiger partial charge in [-0.15, -0.1) is 0 Å². The Kier molecular flexibility index (Phi) is 4.03. The molecule has 1 aromatic rings. The number of fused-ring (bicyclic) bond motifs is 2. The molecule has 1 saturated heterocycles. The van der Waals surface area contributed by atoms with Crippen molar-refractivity contribution in [1.29, 1.82) is 0 Å². The molecular weight excluding hydrogens is 300 g/mol. The lowest BCUT2D eigenvalue weighted by Gasteiger charge is -2.39. The molecule has 0 radical (unpaired) electrons. The van der Waals surface area contributed by atoms with E-state index in [4.69, 9.17) is 10.5 Å². The van der Waals surface area contributed by atoms with Crippen LogP contribution >= 0.6 is 0 Å². The quantitative estimate of drug-likeness (QED) is 0.924. The number of ether oxygens (including phenoxy) is 1. The lowest BCUT2D eigenvalue weighted by Crippen LogP contribution is -2.48. The van der Waals surface area contributed by atoms with Crippen LogP contribution < -0.4 is 10.5 Å². The van der Waals surface area contributed by atoms with E-state index in [-0.39, 0.29) is 11.5 Å². The highest BCUT2D eigenvalue weighted by Gasteiger charge is 2.56. The molecule has 2 saturated carbocycles. The van der Waals surface area contributed by atoms with E-state index in [0.717, 1.165) is 44.0 Å². The van der Waals surface area contributed by atoms with Gasteiger partial charge < -0.3 is 15.4 Å². The van der Waals surface area contributed by atoms with E-state index in [2.05, 4.69) is 12.1 Å². The molecular formula is C20H28N2O2. The Hall–Kier alpha value is -1.55. The average molecular weight is 328 g/mol. The van der Waals surface area contributed by atoms with Gasteiger partial charge in [-0.05, 0) is 61.6 Å². The monoisotopic (exact) mass is 328 g/mol. The number of hydrogen-bond donors (Lipinski definition) is 1. The highest BCUT2D eigenvalue weighted by atomic mass is 16.5. The van der Waals surface area contributed by atoms with Crippen LogP contribution in [0.2, 0.25) is 0 Å². The molecule has 3 fully saturated rings. The largest absolute Gasteiger partial charge is 0.497 e. The van der Waals surface area contributed by atoms with Gasteiger partial charge in [0.1, 0.15) is 5.75 Å². The van der Waals surface area contributed by atoms with Crippen molar-refractivity contribution in [2.45, 2.75) is 44.6 Å². The Bertz CT molecular complexity index is 632. The maximum atomic E-state index is 13.5. The lowest BCUT2D eigenvalue weighted by molar-refractivity contribution is -0.144. The second-order valence-electron chi connectivity index (χ2n) is 8.06. The number of carbonyl (C=O) groups excluding carboxylic acids is 1. The first-order chi connectivity index (χ1) is 11.6. The van der Waals surface area contributed by atoms with Gasteiger partial charge in [0.2, 0.25) is 5.91 Å². The predicted molar refractivity (Wildman–Crippen MR) is 93.8 cm³/mol. The summed E-state index contributed by atoms with van der Waals surface area (Å²) in [5.74, 6) is 2.52. The minimum atomic E-state index is -0.209. The standard InChI is InChI=1S/C20H28N2O2/c1-24-18-4-2-3-14(10-18)11-20(12-15-5-6-16(20)9-15)19(23)22-8-7-17(21)13-22/h2-4,10,15-17H,5-9,11-13,21H2,1H3/t15?,16?,17-,20?/m1/s1. The zero-order valence-electron chi connectivity index (χ0n) is 14.5. The van der Waals surface area contributed by atoms with E-state index < -0.39 is 0 Å². The molecule has 1 aliphatic heterocycles. The van der Waals surface area contributed by atoms with Crippen LogP contribution in [0.4, 0.5) is 0 Å².